The monoisotopic (exact) mass is 537 g/mol. The summed E-state index contributed by atoms with van der Waals surface area (Å²) in [6.07, 6.45) is 4.31. The van der Waals surface area contributed by atoms with Crippen molar-refractivity contribution in [3.63, 3.8) is 0 Å². The van der Waals surface area contributed by atoms with Gasteiger partial charge in [-0.05, 0) is 89.5 Å². The maximum absolute atomic E-state index is 13.2. The first-order valence-electron chi connectivity index (χ1n) is 13.0. The smallest absolute Gasteiger partial charge is 0.243 e. The molecule has 0 aromatic heterocycles. The predicted molar refractivity (Wildman–Crippen MR) is 143 cm³/mol. The van der Waals surface area contributed by atoms with Gasteiger partial charge in [0, 0.05) is 32.7 Å². The molecular formula is C26H43N5O5S. The summed E-state index contributed by atoms with van der Waals surface area (Å²) in [6, 6.07) is 3.99. The zero-order valence-electron chi connectivity index (χ0n) is 23.1. The van der Waals surface area contributed by atoms with Crippen LogP contribution >= 0.6 is 0 Å². The average molecular weight is 538 g/mol. The third-order valence-corrected chi connectivity index (χ3v) is 9.82. The first-order chi connectivity index (χ1) is 17.4. The van der Waals surface area contributed by atoms with Crippen molar-refractivity contribution in [2.24, 2.45) is 0 Å². The molecule has 0 saturated carbocycles. The summed E-state index contributed by atoms with van der Waals surface area (Å²) in [7, 11) is 2.94. The number of sulfonamides is 1. The highest BCUT2D eigenvalue weighted by Gasteiger charge is 2.32. The molecular weight excluding hydrogens is 494 g/mol. The molecule has 0 aliphatic carbocycles. The number of amides is 2. The minimum Gasteiger partial charge on any atom is -0.497 e. The number of carbonyl (C=O) groups is 2. The van der Waals surface area contributed by atoms with Crippen molar-refractivity contribution in [1.82, 2.24) is 24.3 Å². The van der Waals surface area contributed by atoms with Gasteiger partial charge in [0.05, 0.1) is 25.1 Å². The highest BCUT2D eigenvalue weighted by atomic mass is 32.2. The van der Waals surface area contributed by atoms with Crippen LogP contribution in [0.3, 0.4) is 0 Å². The number of hydrogen-bond donors (Lipinski definition) is 1. The van der Waals surface area contributed by atoms with Crippen LogP contribution in [-0.4, -0.2) is 119 Å². The van der Waals surface area contributed by atoms with E-state index in [0.717, 1.165) is 56.2 Å². The Hall–Kier alpha value is -2.21. The lowest BCUT2D eigenvalue weighted by Gasteiger charge is -2.43. The molecule has 2 aliphatic heterocycles. The number of likely N-dealkylation sites (tertiary alicyclic amines) is 2. The minimum absolute atomic E-state index is 0.113. The molecule has 0 radical (unpaired) electrons. The van der Waals surface area contributed by atoms with Gasteiger partial charge in [-0.15, -0.1) is 0 Å². The van der Waals surface area contributed by atoms with Gasteiger partial charge < -0.3 is 19.9 Å². The Balaban J connectivity index is 1.52. The second-order valence-corrected chi connectivity index (χ2v) is 12.4. The number of carbonyl (C=O) groups excluding carboxylic acids is 2. The zero-order chi connectivity index (χ0) is 27.3. The fraction of sp³-hybridized carbons (Fsp3) is 0.692. The number of nitrogens with one attached hydrogen (secondary N) is 1. The Labute approximate surface area is 222 Å². The minimum atomic E-state index is -3.90. The Morgan fingerprint density at radius 1 is 1.08 bits per heavy atom. The molecule has 0 spiro atoms. The molecule has 3 rings (SSSR count). The van der Waals surface area contributed by atoms with E-state index in [1.807, 2.05) is 0 Å². The molecule has 37 heavy (non-hydrogen) atoms. The van der Waals surface area contributed by atoms with E-state index in [0.29, 0.717) is 22.9 Å². The molecule has 10 nitrogen and oxygen atoms in total. The van der Waals surface area contributed by atoms with Gasteiger partial charge in [-0.3, -0.25) is 14.5 Å². The number of piperidine rings is 2. The second kappa shape index (κ2) is 12.6. The predicted octanol–water partition coefficient (Wildman–Crippen LogP) is 1.07. The Kier molecular flexibility index (Phi) is 9.96. The van der Waals surface area contributed by atoms with Crippen molar-refractivity contribution >= 4 is 21.8 Å². The van der Waals surface area contributed by atoms with Crippen molar-refractivity contribution in [3.05, 3.63) is 23.3 Å². The number of ether oxygens (including phenoxy) is 1. The summed E-state index contributed by atoms with van der Waals surface area (Å²) in [5, 5.41) is 2.61. The van der Waals surface area contributed by atoms with Gasteiger partial charge in [0.1, 0.15) is 5.75 Å². The highest BCUT2D eigenvalue weighted by molar-refractivity contribution is 7.89. The molecule has 1 aromatic rings. The van der Waals surface area contributed by atoms with E-state index >= 15 is 0 Å². The maximum Gasteiger partial charge on any atom is 0.243 e. The highest BCUT2D eigenvalue weighted by Crippen LogP contribution is 2.27. The van der Waals surface area contributed by atoms with E-state index in [9.17, 15) is 18.0 Å². The van der Waals surface area contributed by atoms with E-state index in [2.05, 4.69) is 22.2 Å². The standard InChI is InChI=1S/C26H43N5O5S/c1-19-14-23(36-6)15-20(2)26(19)37(34,35)29(4)18-24(32)27-16-25(33)30(5)22-8-7-11-31(17-22)21-9-12-28(3)13-10-21/h14-15,21-22H,7-13,16-18H2,1-6H3,(H,27,32). The average Bonchev–Trinajstić information content (AvgIpc) is 2.86. The van der Waals surface area contributed by atoms with E-state index in [1.165, 1.54) is 14.2 Å². The van der Waals surface area contributed by atoms with E-state index in [-0.39, 0.29) is 29.9 Å². The summed E-state index contributed by atoms with van der Waals surface area (Å²) in [5.41, 5.74) is 1.09. The normalized spacial score (nSPS) is 20.1. The van der Waals surface area contributed by atoms with Gasteiger partial charge in [-0.1, -0.05) is 0 Å². The second-order valence-electron chi connectivity index (χ2n) is 10.5. The molecule has 0 bridgehead atoms. The van der Waals surface area contributed by atoms with Crippen molar-refractivity contribution < 1.29 is 22.7 Å². The van der Waals surface area contributed by atoms with E-state index in [4.69, 9.17) is 4.74 Å². The summed E-state index contributed by atoms with van der Waals surface area (Å²) >= 11 is 0. The first-order valence-corrected chi connectivity index (χ1v) is 14.4. The number of methoxy groups -OCH3 is 1. The lowest BCUT2D eigenvalue weighted by Crippen LogP contribution is -2.54. The largest absolute Gasteiger partial charge is 0.497 e. The van der Waals surface area contributed by atoms with Gasteiger partial charge in [0.2, 0.25) is 21.8 Å². The summed E-state index contributed by atoms with van der Waals surface area (Å²) in [5.74, 6) is -0.117. The van der Waals surface area contributed by atoms with Gasteiger partial charge >= 0.3 is 0 Å². The maximum atomic E-state index is 13.2. The molecule has 2 aliphatic rings. The molecule has 1 N–H and O–H groups in total. The molecule has 11 heteroatoms. The molecule has 2 fully saturated rings. The third-order valence-electron chi connectivity index (χ3n) is 7.71. The fourth-order valence-electron chi connectivity index (χ4n) is 5.43. The van der Waals surface area contributed by atoms with E-state index in [1.54, 1.807) is 37.9 Å². The molecule has 1 aromatic carbocycles. The van der Waals surface area contributed by atoms with Crippen molar-refractivity contribution in [3.8, 4) is 5.75 Å². The van der Waals surface area contributed by atoms with Crippen LogP contribution < -0.4 is 10.1 Å². The lowest BCUT2D eigenvalue weighted by molar-refractivity contribution is -0.134. The Morgan fingerprint density at radius 3 is 2.30 bits per heavy atom. The van der Waals surface area contributed by atoms with Crippen LogP contribution in [0.1, 0.15) is 36.8 Å². The number of hydrogen-bond acceptors (Lipinski definition) is 7. The van der Waals surface area contributed by atoms with Crippen molar-refractivity contribution in [1.29, 1.82) is 0 Å². The van der Waals surface area contributed by atoms with Crippen LogP contribution in [0.15, 0.2) is 17.0 Å². The fourth-order valence-corrected chi connectivity index (χ4v) is 6.96. The van der Waals surface area contributed by atoms with Gasteiger partial charge in [0.25, 0.3) is 0 Å². The molecule has 1 atom stereocenters. The van der Waals surface area contributed by atoms with Gasteiger partial charge in [-0.2, -0.15) is 4.31 Å². The number of rotatable bonds is 9. The molecule has 2 heterocycles. The number of nitrogens with zero attached hydrogens (tertiary/aromatic N) is 4. The number of benzene rings is 1. The molecule has 1 unspecified atom stereocenters. The lowest BCUT2D eigenvalue weighted by atomic mass is 9.97. The summed E-state index contributed by atoms with van der Waals surface area (Å²) in [4.78, 5) is 32.2. The van der Waals surface area contributed by atoms with Crippen LogP contribution in [0, 0.1) is 13.8 Å². The molecule has 2 saturated heterocycles. The first kappa shape index (κ1) is 29.3. The van der Waals surface area contributed by atoms with Crippen LogP contribution in [0.25, 0.3) is 0 Å². The van der Waals surface area contributed by atoms with Gasteiger partial charge in [0.15, 0.2) is 0 Å². The Bertz CT molecular complexity index is 1050. The molecule has 208 valence electrons. The summed E-state index contributed by atoms with van der Waals surface area (Å²) in [6.45, 7) is 6.99. The number of aryl methyl sites for hydroxylation is 2. The van der Waals surface area contributed by atoms with E-state index < -0.39 is 15.9 Å². The third kappa shape index (κ3) is 7.22. The SMILES string of the molecule is COc1cc(C)c(S(=O)(=O)N(C)CC(=O)NCC(=O)N(C)C2CCCN(C3CCN(C)CC3)C2)c(C)c1. The van der Waals surface area contributed by atoms with Crippen molar-refractivity contribution in [2.45, 2.75) is 56.5 Å². The van der Waals surface area contributed by atoms with Crippen LogP contribution in [0.4, 0.5) is 0 Å². The summed E-state index contributed by atoms with van der Waals surface area (Å²) < 4.78 is 32.6. The van der Waals surface area contributed by atoms with Crippen LogP contribution in [0.5, 0.6) is 5.75 Å². The zero-order valence-corrected chi connectivity index (χ0v) is 23.9. The number of likely N-dealkylation sites (N-methyl/N-ethyl adjacent to an activating group) is 2. The Morgan fingerprint density at radius 2 is 1.70 bits per heavy atom. The van der Waals surface area contributed by atoms with Crippen LogP contribution in [-0.2, 0) is 19.6 Å². The van der Waals surface area contributed by atoms with Gasteiger partial charge in [-0.25, -0.2) is 8.42 Å². The van der Waals surface area contributed by atoms with Crippen molar-refractivity contribution in [2.75, 3.05) is 67.5 Å². The molecule has 2 amide bonds. The van der Waals surface area contributed by atoms with Crippen LogP contribution in [0.2, 0.25) is 0 Å². The quantitative estimate of drug-likeness (QED) is 0.503. The topological polar surface area (TPSA) is 102 Å².